The molecule has 0 bridgehead atoms. The van der Waals surface area contributed by atoms with E-state index in [9.17, 15) is 9.59 Å². The van der Waals surface area contributed by atoms with Crippen molar-refractivity contribution >= 4 is 29.2 Å². The van der Waals surface area contributed by atoms with Crippen LogP contribution >= 0.6 is 11.6 Å². The minimum absolute atomic E-state index is 0.325. The molecular weight excluding hydrogens is 276 g/mol. The molecule has 1 unspecified atom stereocenters. The lowest BCUT2D eigenvalue weighted by molar-refractivity contribution is -0.118. The zero-order chi connectivity index (χ0) is 14.1. The Morgan fingerprint density at radius 1 is 0.950 bits per heavy atom. The molecule has 20 heavy (non-hydrogen) atoms. The number of nitrogens with one attached hydrogen (secondary N) is 1. The van der Waals surface area contributed by atoms with Crippen LogP contribution in [0, 0.1) is 0 Å². The van der Waals surface area contributed by atoms with E-state index in [1.165, 1.54) is 0 Å². The van der Waals surface area contributed by atoms with Crippen LogP contribution in [0.3, 0.4) is 0 Å². The van der Waals surface area contributed by atoms with E-state index >= 15 is 0 Å². The van der Waals surface area contributed by atoms with E-state index in [1.54, 1.807) is 36.4 Å². The van der Waals surface area contributed by atoms with Crippen LogP contribution in [0.2, 0.25) is 5.02 Å². The maximum atomic E-state index is 12.5. The van der Waals surface area contributed by atoms with Crippen LogP contribution < -0.4 is 10.2 Å². The molecular formula is C15H11ClN2O2. The van der Waals surface area contributed by atoms with E-state index in [-0.39, 0.29) is 5.91 Å². The average Bonchev–Trinajstić information content (AvgIpc) is 2.76. The molecule has 2 aromatic carbocycles. The number of imide groups is 1. The van der Waals surface area contributed by atoms with Crippen molar-refractivity contribution in [3.8, 4) is 0 Å². The number of nitrogens with zero attached hydrogens (tertiary/aromatic N) is 1. The maximum Gasteiger partial charge on any atom is 0.329 e. The van der Waals surface area contributed by atoms with Crippen molar-refractivity contribution in [1.82, 2.24) is 5.32 Å². The molecule has 1 N–H and O–H groups in total. The van der Waals surface area contributed by atoms with Gasteiger partial charge >= 0.3 is 6.03 Å². The van der Waals surface area contributed by atoms with Crippen LogP contribution in [0.25, 0.3) is 0 Å². The Morgan fingerprint density at radius 2 is 1.60 bits per heavy atom. The first-order chi connectivity index (χ1) is 9.68. The number of hydrogen-bond acceptors (Lipinski definition) is 2. The third-order valence-electron chi connectivity index (χ3n) is 3.16. The average molecular weight is 287 g/mol. The van der Waals surface area contributed by atoms with Gasteiger partial charge in [0.25, 0.3) is 5.91 Å². The fourth-order valence-electron chi connectivity index (χ4n) is 2.21. The molecule has 2 aromatic rings. The van der Waals surface area contributed by atoms with Gasteiger partial charge < -0.3 is 5.32 Å². The van der Waals surface area contributed by atoms with Crippen LogP contribution in [-0.4, -0.2) is 11.9 Å². The predicted octanol–water partition coefficient (Wildman–Crippen LogP) is 3.14. The Labute approximate surface area is 121 Å². The minimum atomic E-state index is -0.667. The molecule has 1 aliphatic rings. The Kier molecular flexibility index (Phi) is 3.16. The summed E-state index contributed by atoms with van der Waals surface area (Å²) in [4.78, 5) is 25.6. The lowest BCUT2D eigenvalue weighted by Crippen LogP contribution is -2.30. The maximum absolute atomic E-state index is 12.5. The lowest BCUT2D eigenvalue weighted by atomic mass is 10.1. The standard InChI is InChI=1S/C15H11ClN2O2/c16-11-8-4-5-9-12(11)18-14(19)13(17-15(18)20)10-6-2-1-3-7-10/h1-9,13H,(H,17,20). The van der Waals surface area contributed by atoms with E-state index in [0.717, 1.165) is 10.5 Å². The van der Waals surface area contributed by atoms with Crippen LogP contribution in [0.15, 0.2) is 54.6 Å². The summed E-state index contributed by atoms with van der Waals surface area (Å²) in [6.45, 7) is 0. The van der Waals surface area contributed by atoms with Crippen molar-refractivity contribution in [3.63, 3.8) is 0 Å². The fourth-order valence-corrected chi connectivity index (χ4v) is 2.43. The fraction of sp³-hybridized carbons (Fsp3) is 0.0667. The molecule has 0 spiro atoms. The Balaban J connectivity index is 1.98. The van der Waals surface area contributed by atoms with Gasteiger partial charge in [-0.25, -0.2) is 9.69 Å². The van der Waals surface area contributed by atoms with Crippen molar-refractivity contribution in [2.24, 2.45) is 0 Å². The summed E-state index contributed by atoms with van der Waals surface area (Å²) in [5.41, 5.74) is 1.15. The monoisotopic (exact) mass is 286 g/mol. The molecule has 3 rings (SSSR count). The van der Waals surface area contributed by atoms with Crippen molar-refractivity contribution in [3.05, 3.63) is 65.2 Å². The SMILES string of the molecule is O=C1NC(c2ccccc2)C(=O)N1c1ccccc1Cl. The van der Waals surface area contributed by atoms with Crippen molar-refractivity contribution in [1.29, 1.82) is 0 Å². The topological polar surface area (TPSA) is 49.4 Å². The molecule has 0 saturated carbocycles. The summed E-state index contributed by atoms with van der Waals surface area (Å²) in [7, 11) is 0. The largest absolute Gasteiger partial charge is 0.329 e. The number of amides is 3. The summed E-state index contributed by atoms with van der Waals surface area (Å²) in [5, 5.41) is 3.04. The Bertz CT molecular complexity index is 673. The van der Waals surface area contributed by atoms with Crippen molar-refractivity contribution in [2.45, 2.75) is 6.04 Å². The molecule has 1 atom stereocenters. The summed E-state index contributed by atoms with van der Waals surface area (Å²) in [6, 6.07) is 14.8. The molecule has 0 aromatic heterocycles. The number of anilines is 1. The summed E-state index contributed by atoms with van der Waals surface area (Å²) < 4.78 is 0. The number of carbonyl (C=O) groups is 2. The zero-order valence-corrected chi connectivity index (χ0v) is 11.2. The number of carbonyl (C=O) groups excluding carboxylic acids is 2. The Morgan fingerprint density at radius 3 is 2.30 bits per heavy atom. The highest BCUT2D eigenvalue weighted by molar-refractivity contribution is 6.35. The number of rotatable bonds is 2. The van der Waals surface area contributed by atoms with Gasteiger partial charge in [-0.2, -0.15) is 0 Å². The van der Waals surface area contributed by atoms with E-state index in [2.05, 4.69) is 5.32 Å². The molecule has 1 fully saturated rings. The highest BCUT2D eigenvalue weighted by Gasteiger charge is 2.40. The van der Waals surface area contributed by atoms with Crippen LogP contribution in [0.5, 0.6) is 0 Å². The van der Waals surface area contributed by atoms with Crippen molar-refractivity contribution < 1.29 is 9.59 Å². The molecule has 0 radical (unpaired) electrons. The van der Waals surface area contributed by atoms with Gasteiger partial charge in [0.05, 0.1) is 10.7 Å². The first-order valence-electron chi connectivity index (χ1n) is 6.12. The third-order valence-corrected chi connectivity index (χ3v) is 3.48. The summed E-state index contributed by atoms with van der Waals surface area (Å²) in [5.74, 6) is -0.325. The number of para-hydroxylation sites is 1. The van der Waals surface area contributed by atoms with E-state index in [4.69, 9.17) is 11.6 Å². The first kappa shape index (κ1) is 12.7. The summed E-state index contributed by atoms with van der Waals surface area (Å²) >= 11 is 6.05. The highest BCUT2D eigenvalue weighted by Crippen LogP contribution is 2.31. The normalized spacial score (nSPS) is 18.2. The number of hydrogen-bond donors (Lipinski definition) is 1. The van der Waals surface area contributed by atoms with Gasteiger partial charge in [-0.05, 0) is 17.7 Å². The van der Waals surface area contributed by atoms with Gasteiger partial charge in [0, 0.05) is 0 Å². The lowest BCUT2D eigenvalue weighted by Gasteiger charge is -2.14. The van der Waals surface area contributed by atoms with Gasteiger partial charge in [-0.15, -0.1) is 0 Å². The predicted molar refractivity (Wildman–Crippen MR) is 76.7 cm³/mol. The van der Waals surface area contributed by atoms with Gasteiger partial charge in [-0.1, -0.05) is 54.1 Å². The van der Waals surface area contributed by atoms with E-state index in [0.29, 0.717) is 10.7 Å². The molecule has 3 amide bonds. The zero-order valence-electron chi connectivity index (χ0n) is 10.4. The first-order valence-corrected chi connectivity index (χ1v) is 6.50. The van der Waals surface area contributed by atoms with Crippen LogP contribution in [0.4, 0.5) is 10.5 Å². The number of halogens is 1. The highest BCUT2D eigenvalue weighted by atomic mass is 35.5. The molecule has 1 saturated heterocycles. The second-order valence-corrected chi connectivity index (χ2v) is 4.83. The third kappa shape index (κ3) is 2.04. The molecule has 1 heterocycles. The smallest absolute Gasteiger partial charge is 0.321 e. The van der Waals surface area contributed by atoms with E-state index in [1.807, 2.05) is 18.2 Å². The van der Waals surface area contributed by atoms with Gasteiger partial charge in [0.1, 0.15) is 6.04 Å². The molecule has 0 aliphatic carbocycles. The number of benzene rings is 2. The van der Waals surface area contributed by atoms with Gasteiger partial charge in [0.2, 0.25) is 0 Å². The summed E-state index contributed by atoms with van der Waals surface area (Å²) in [6.07, 6.45) is 0. The van der Waals surface area contributed by atoms with Gasteiger partial charge in [-0.3, -0.25) is 4.79 Å². The molecule has 4 nitrogen and oxygen atoms in total. The number of urea groups is 1. The second kappa shape index (κ2) is 4.98. The van der Waals surface area contributed by atoms with E-state index < -0.39 is 12.1 Å². The minimum Gasteiger partial charge on any atom is -0.321 e. The van der Waals surface area contributed by atoms with Crippen LogP contribution in [0.1, 0.15) is 11.6 Å². The van der Waals surface area contributed by atoms with Crippen molar-refractivity contribution in [2.75, 3.05) is 4.90 Å². The quantitative estimate of drug-likeness (QED) is 0.862. The van der Waals surface area contributed by atoms with Gasteiger partial charge in [0.15, 0.2) is 0 Å². The molecule has 1 aliphatic heterocycles. The molecule has 100 valence electrons. The second-order valence-electron chi connectivity index (χ2n) is 4.42. The molecule has 5 heteroatoms. The Hall–Kier alpha value is -2.33. The van der Waals surface area contributed by atoms with Crippen LogP contribution in [-0.2, 0) is 4.79 Å².